The molecule has 1 aliphatic heterocycles. The van der Waals surface area contributed by atoms with Gasteiger partial charge in [-0.1, -0.05) is 0 Å². The van der Waals surface area contributed by atoms with Crippen molar-refractivity contribution in [3.05, 3.63) is 59.2 Å². The summed E-state index contributed by atoms with van der Waals surface area (Å²) >= 11 is 0. The van der Waals surface area contributed by atoms with Crippen LogP contribution in [0.1, 0.15) is 34.6 Å². The van der Waals surface area contributed by atoms with E-state index in [1.54, 1.807) is 29.9 Å². The average Bonchev–Trinajstić information content (AvgIpc) is 3.20. The van der Waals surface area contributed by atoms with Crippen molar-refractivity contribution >= 4 is 11.7 Å². The van der Waals surface area contributed by atoms with Crippen LogP contribution in [0, 0.1) is 5.82 Å². The molecule has 7 nitrogen and oxygen atoms in total. The van der Waals surface area contributed by atoms with Crippen LogP contribution in [-0.2, 0) is 19.9 Å². The van der Waals surface area contributed by atoms with Gasteiger partial charge in [-0.15, -0.1) is 5.10 Å². The average molecular weight is 420 g/mol. The normalized spacial score (nSPS) is 16.3. The number of carbonyl (C=O) groups excluding carboxylic acids is 1. The van der Waals surface area contributed by atoms with E-state index in [9.17, 15) is 9.18 Å². The number of carbonyl (C=O) groups is 1. The van der Waals surface area contributed by atoms with Crippen molar-refractivity contribution in [3.8, 4) is 11.3 Å². The fraction of sp³-hybridized carbons (Fsp3) is 0.391. The molecule has 0 unspecified atom stereocenters. The molecule has 0 radical (unpaired) electrons. The van der Waals surface area contributed by atoms with Crippen LogP contribution < -0.4 is 4.90 Å². The molecule has 1 amide bonds. The van der Waals surface area contributed by atoms with Crippen LogP contribution in [0.15, 0.2) is 36.4 Å². The Morgan fingerprint density at radius 3 is 2.48 bits per heavy atom. The quantitative estimate of drug-likeness (QED) is 0.652. The molecule has 5 rings (SSSR count). The maximum atomic E-state index is 13.2. The van der Waals surface area contributed by atoms with Gasteiger partial charge in [-0.3, -0.25) is 9.48 Å². The molecule has 0 spiro atoms. The Labute approximate surface area is 180 Å². The highest BCUT2D eigenvalue weighted by atomic mass is 19.1. The zero-order valence-electron chi connectivity index (χ0n) is 17.6. The predicted octanol–water partition coefficient (Wildman–Crippen LogP) is 2.86. The Kier molecular flexibility index (Phi) is 5.13. The molecule has 0 saturated carbocycles. The lowest BCUT2D eigenvalue weighted by Gasteiger charge is -2.35. The number of benzene rings is 1. The first kappa shape index (κ1) is 19.7. The van der Waals surface area contributed by atoms with Gasteiger partial charge in [-0.05, 0) is 67.6 Å². The number of amides is 1. The summed E-state index contributed by atoms with van der Waals surface area (Å²) in [7, 11) is 1.76. The lowest BCUT2D eigenvalue weighted by molar-refractivity contribution is 0.0735. The van der Waals surface area contributed by atoms with E-state index in [2.05, 4.69) is 26.3 Å². The van der Waals surface area contributed by atoms with Crippen molar-refractivity contribution < 1.29 is 9.18 Å². The number of piperazine rings is 1. The van der Waals surface area contributed by atoms with Crippen molar-refractivity contribution in [2.45, 2.75) is 25.7 Å². The molecule has 3 heterocycles. The first-order valence-corrected chi connectivity index (χ1v) is 10.8. The van der Waals surface area contributed by atoms with Crippen molar-refractivity contribution in [3.63, 3.8) is 0 Å². The summed E-state index contributed by atoms with van der Waals surface area (Å²) in [5, 5.41) is 13.3. The molecule has 0 atom stereocenters. The number of nitrogens with zero attached hydrogens (tertiary/aromatic N) is 6. The standard InChI is InChI=1S/C23H25FN6O/c1-28-21(15-20(27-28)16-6-8-18(24)9-7-16)23(31)30-12-10-29(11-13-30)22-14-17-4-2-3-5-19(17)25-26-22/h6-9,14-15H,2-5,10-13H2,1H3. The third-order valence-electron chi connectivity index (χ3n) is 6.19. The minimum absolute atomic E-state index is 0.0421. The number of aryl methyl sites for hydroxylation is 3. The van der Waals surface area contributed by atoms with E-state index in [1.807, 2.05) is 4.90 Å². The summed E-state index contributed by atoms with van der Waals surface area (Å²) in [6, 6.07) is 10.1. The number of aromatic nitrogens is 4. The summed E-state index contributed by atoms with van der Waals surface area (Å²) in [5.41, 5.74) is 4.43. The molecule has 31 heavy (non-hydrogen) atoms. The minimum Gasteiger partial charge on any atom is -0.352 e. The highest BCUT2D eigenvalue weighted by Crippen LogP contribution is 2.24. The van der Waals surface area contributed by atoms with Gasteiger partial charge in [0.25, 0.3) is 5.91 Å². The maximum Gasteiger partial charge on any atom is 0.272 e. The van der Waals surface area contributed by atoms with Gasteiger partial charge in [0.15, 0.2) is 5.82 Å². The van der Waals surface area contributed by atoms with Crippen LogP contribution in [0.5, 0.6) is 0 Å². The van der Waals surface area contributed by atoms with Gasteiger partial charge in [-0.25, -0.2) is 4.39 Å². The number of hydrogen-bond donors (Lipinski definition) is 0. The Morgan fingerprint density at radius 2 is 1.71 bits per heavy atom. The topological polar surface area (TPSA) is 67.2 Å². The zero-order chi connectivity index (χ0) is 21.4. The lowest BCUT2D eigenvalue weighted by Crippen LogP contribution is -2.49. The predicted molar refractivity (Wildman–Crippen MR) is 115 cm³/mol. The van der Waals surface area contributed by atoms with Crippen LogP contribution in [0.3, 0.4) is 0 Å². The van der Waals surface area contributed by atoms with Crippen LogP contribution in [0.4, 0.5) is 10.2 Å². The Balaban J connectivity index is 1.27. The van der Waals surface area contributed by atoms with Crippen molar-refractivity contribution in [2.75, 3.05) is 31.1 Å². The largest absolute Gasteiger partial charge is 0.352 e. The van der Waals surface area contributed by atoms with E-state index < -0.39 is 0 Å². The molecule has 0 N–H and O–H groups in total. The van der Waals surface area contributed by atoms with Gasteiger partial charge >= 0.3 is 0 Å². The number of fused-ring (bicyclic) bond motifs is 1. The maximum absolute atomic E-state index is 13.2. The number of rotatable bonds is 3. The van der Waals surface area contributed by atoms with Crippen molar-refractivity contribution in [1.29, 1.82) is 0 Å². The SMILES string of the molecule is Cn1nc(-c2ccc(F)cc2)cc1C(=O)N1CCN(c2cc3c(nn2)CCCC3)CC1. The fourth-order valence-electron chi connectivity index (χ4n) is 4.36. The van der Waals surface area contributed by atoms with Crippen LogP contribution in [0.2, 0.25) is 0 Å². The highest BCUT2D eigenvalue weighted by molar-refractivity contribution is 5.94. The monoisotopic (exact) mass is 420 g/mol. The second kappa shape index (κ2) is 8.09. The third-order valence-corrected chi connectivity index (χ3v) is 6.19. The molecule has 1 saturated heterocycles. The molecular weight excluding hydrogens is 395 g/mol. The summed E-state index contributed by atoms with van der Waals surface area (Å²) in [4.78, 5) is 17.2. The minimum atomic E-state index is -0.294. The summed E-state index contributed by atoms with van der Waals surface area (Å²) in [5.74, 6) is 0.573. The van der Waals surface area contributed by atoms with E-state index >= 15 is 0 Å². The number of anilines is 1. The molecular formula is C23H25FN6O. The van der Waals surface area contributed by atoms with Gasteiger partial charge in [-0.2, -0.15) is 10.2 Å². The van der Waals surface area contributed by atoms with Gasteiger partial charge in [0, 0.05) is 38.8 Å². The number of halogens is 1. The van der Waals surface area contributed by atoms with Gasteiger partial charge < -0.3 is 9.80 Å². The summed E-state index contributed by atoms with van der Waals surface area (Å²) in [6.45, 7) is 2.69. The molecule has 1 aromatic carbocycles. The van der Waals surface area contributed by atoms with Gasteiger partial charge in [0.05, 0.1) is 11.4 Å². The molecule has 0 bridgehead atoms. The summed E-state index contributed by atoms with van der Waals surface area (Å²) in [6.07, 6.45) is 4.51. The molecule has 3 aromatic rings. The molecule has 1 aliphatic carbocycles. The number of hydrogen-bond acceptors (Lipinski definition) is 5. The zero-order valence-corrected chi connectivity index (χ0v) is 17.6. The Hall–Kier alpha value is -3.29. The van der Waals surface area contributed by atoms with E-state index in [0.717, 1.165) is 43.0 Å². The van der Waals surface area contributed by atoms with Crippen molar-refractivity contribution in [2.24, 2.45) is 7.05 Å². The smallest absolute Gasteiger partial charge is 0.272 e. The van der Waals surface area contributed by atoms with Crippen LogP contribution >= 0.6 is 0 Å². The van der Waals surface area contributed by atoms with Crippen LogP contribution in [-0.4, -0.2) is 57.0 Å². The second-order valence-corrected chi connectivity index (χ2v) is 8.21. The highest BCUT2D eigenvalue weighted by Gasteiger charge is 2.26. The van der Waals surface area contributed by atoms with E-state index in [0.29, 0.717) is 24.5 Å². The third kappa shape index (κ3) is 3.89. The first-order valence-electron chi connectivity index (χ1n) is 10.8. The fourth-order valence-corrected chi connectivity index (χ4v) is 4.36. The second-order valence-electron chi connectivity index (χ2n) is 8.21. The van der Waals surface area contributed by atoms with Crippen LogP contribution in [0.25, 0.3) is 11.3 Å². The first-order chi connectivity index (χ1) is 15.1. The molecule has 2 aromatic heterocycles. The van der Waals surface area contributed by atoms with Gasteiger partial charge in [0.2, 0.25) is 0 Å². The van der Waals surface area contributed by atoms with E-state index in [4.69, 9.17) is 0 Å². The lowest BCUT2D eigenvalue weighted by atomic mass is 9.97. The Bertz CT molecular complexity index is 1100. The Morgan fingerprint density at radius 1 is 0.968 bits per heavy atom. The molecule has 160 valence electrons. The summed E-state index contributed by atoms with van der Waals surface area (Å²) < 4.78 is 14.8. The van der Waals surface area contributed by atoms with E-state index in [1.165, 1.54) is 30.5 Å². The molecule has 2 aliphatic rings. The van der Waals surface area contributed by atoms with E-state index in [-0.39, 0.29) is 11.7 Å². The molecule has 1 fully saturated rings. The van der Waals surface area contributed by atoms with Crippen molar-refractivity contribution in [1.82, 2.24) is 24.9 Å². The van der Waals surface area contributed by atoms with Gasteiger partial charge in [0.1, 0.15) is 11.5 Å². The molecule has 8 heteroatoms.